The van der Waals surface area contributed by atoms with E-state index in [4.69, 9.17) is 4.52 Å². The molecule has 8 nitrogen and oxygen atoms in total. The molecule has 2 aliphatic rings. The van der Waals surface area contributed by atoms with Crippen LogP contribution in [0.15, 0.2) is 16.8 Å². The Morgan fingerprint density at radius 3 is 2.86 bits per heavy atom. The normalized spacial score (nSPS) is 24.7. The van der Waals surface area contributed by atoms with Gasteiger partial charge in [-0.2, -0.15) is 10.1 Å². The van der Waals surface area contributed by atoms with Crippen LogP contribution in [0.4, 0.5) is 0 Å². The van der Waals surface area contributed by atoms with Gasteiger partial charge in [-0.15, -0.1) is 0 Å². The minimum atomic E-state index is -0.131. The first kappa shape index (κ1) is 17.3. The molecular formula is C20H24N6O2. The summed E-state index contributed by atoms with van der Waals surface area (Å²) in [5.41, 5.74) is 3.37. The van der Waals surface area contributed by atoms with E-state index in [9.17, 15) is 4.79 Å². The van der Waals surface area contributed by atoms with E-state index in [2.05, 4.69) is 27.1 Å². The first-order valence-corrected chi connectivity index (χ1v) is 9.99. The van der Waals surface area contributed by atoms with Gasteiger partial charge in [-0.25, -0.2) is 9.50 Å². The SMILES string of the molecule is Cc1cc(C)n2ncc(-c3noc([C@@H]4CCCCN4C(=O)[C@H]4C[C@H]4C)n3)c2n1. The quantitative estimate of drug-likeness (QED) is 0.694. The van der Waals surface area contributed by atoms with E-state index in [0.29, 0.717) is 23.3 Å². The van der Waals surface area contributed by atoms with Crippen LogP contribution >= 0.6 is 0 Å². The van der Waals surface area contributed by atoms with Crippen molar-refractivity contribution in [2.45, 2.75) is 52.5 Å². The summed E-state index contributed by atoms with van der Waals surface area (Å²) >= 11 is 0. The highest BCUT2D eigenvalue weighted by Gasteiger charge is 2.44. The van der Waals surface area contributed by atoms with E-state index in [-0.39, 0.29) is 17.9 Å². The van der Waals surface area contributed by atoms with Crippen molar-refractivity contribution in [1.29, 1.82) is 0 Å². The number of carbonyl (C=O) groups is 1. The van der Waals surface area contributed by atoms with Crippen molar-refractivity contribution in [3.63, 3.8) is 0 Å². The molecule has 28 heavy (non-hydrogen) atoms. The molecular weight excluding hydrogens is 356 g/mol. The molecule has 1 amide bonds. The number of hydrogen-bond donors (Lipinski definition) is 0. The van der Waals surface area contributed by atoms with Crippen molar-refractivity contribution in [3.8, 4) is 11.4 Å². The zero-order chi connectivity index (χ0) is 19.4. The Hall–Kier alpha value is -2.77. The lowest BCUT2D eigenvalue weighted by molar-refractivity contribution is -0.137. The third-order valence-electron chi connectivity index (χ3n) is 5.96. The number of amides is 1. The van der Waals surface area contributed by atoms with Gasteiger partial charge in [0, 0.05) is 23.9 Å². The molecule has 0 bridgehead atoms. The topological polar surface area (TPSA) is 89.4 Å². The van der Waals surface area contributed by atoms with Gasteiger partial charge in [0.1, 0.15) is 6.04 Å². The first-order chi connectivity index (χ1) is 13.5. The van der Waals surface area contributed by atoms with Gasteiger partial charge < -0.3 is 9.42 Å². The molecule has 3 atom stereocenters. The average molecular weight is 380 g/mol. The van der Waals surface area contributed by atoms with Crippen LogP contribution in [-0.4, -0.2) is 42.1 Å². The molecule has 2 fully saturated rings. The lowest BCUT2D eigenvalue weighted by atomic mass is 10.0. The summed E-state index contributed by atoms with van der Waals surface area (Å²) in [7, 11) is 0. The molecule has 3 aromatic heterocycles. The number of piperidine rings is 1. The van der Waals surface area contributed by atoms with Crippen molar-refractivity contribution in [2.75, 3.05) is 6.54 Å². The summed E-state index contributed by atoms with van der Waals surface area (Å²) < 4.78 is 7.41. The smallest absolute Gasteiger partial charge is 0.249 e. The van der Waals surface area contributed by atoms with Crippen molar-refractivity contribution < 1.29 is 9.32 Å². The molecule has 1 aliphatic heterocycles. The Bertz CT molecular complexity index is 1050. The molecule has 0 N–H and O–H groups in total. The first-order valence-electron chi connectivity index (χ1n) is 9.99. The zero-order valence-electron chi connectivity index (χ0n) is 16.4. The Morgan fingerprint density at radius 1 is 1.25 bits per heavy atom. The van der Waals surface area contributed by atoms with E-state index in [1.807, 2.05) is 24.8 Å². The zero-order valence-corrected chi connectivity index (χ0v) is 16.4. The van der Waals surface area contributed by atoms with Gasteiger partial charge in [-0.05, 0) is 51.5 Å². The van der Waals surface area contributed by atoms with Gasteiger partial charge in [0.2, 0.25) is 17.6 Å². The molecule has 1 saturated carbocycles. The Morgan fingerprint density at radius 2 is 2.07 bits per heavy atom. The second-order valence-electron chi connectivity index (χ2n) is 8.15. The maximum absolute atomic E-state index is 12.9. The molecule has 0 unspecified atom stereocenters. The maximum atomic E-state index is 12.9. The molecule has 5 rings (SSSR count). The van der Waals surface area contributed by atoms with Crippen molar-refractivity contribution in [3.05, 3.63) is 29.5 Å². The molecule has 0 spiro atoms. The monoisotopic (exact) mass is 380 g/mol. The molecule has 8 heteroatoms. The summed E-state index contributed by atoms with van der Waals surface area (Å²) in [6.45, 7) is 6.84. The highest BCUT2D eigenvalue weighted by Crippen LogP contribution is 2.42. The Balaban J connectivity index is 1.48. The largest absolute Gasteiger partial charge is 0.337 e. The van der Waals surface area contributed by atoms with Gasteiger partial charge in [-0.1, -0.05) is 12.1 Å². The molecule has 4 heterocycles. The van der Waals surface area contributed by atoms with Crippen LogP contribution in [0.2, 0.25) is 0 Å². The number of hydrogen-bond acceptors (Lipinski definition) is 6. The lowest BCUT2D eigenvalue weighted by Gasteiger charge is -2.33. The van der Waals surface area contributed by atoms with Crippen molar-refractivity contribution in [2.24, 2.45) is 11.8 Å². The highest BCUT2D eigenvalue weighted by atomic mass is 16.5. The lowest BCUT2D eigenvalue weighted by Crippen LogP contribution is -2.39. The number of likely N-dealkylation sites (tertiary alicyclic amines) is 1. The van der Waals surface area contributed by atoms with Gasteiger partial charge >= 0.3 is 0 Å². The second-order valence-corrected chi connectivity index (χ2v) is 8.15. The summed E-state index contributed by atoms with van der Waals surface area (Å²) in [6, 6.07) is 1.85. The third kappa shape index (κ3) is 2.78. The summed E-state index contributed by atoms with van der Waals surface area (Å²) in [5.74, 6) is 1.88. The number of carbonyl (C=O) groups excluding carboxylic acids is 1. The van der Waals surface area contributed by atoms with E-state index in [1.165, 1.54) is 0 Å². The van der Waals surface area contributed by atoms with E-state index in [1.54, 1.807) is 10.7 Å². The van der Waals surface area contributed by atoms with Crippen LogP contribution in [0, 0.1) is 25.7 Å². The number of fused-ring (bicyclic) bond motifs is 1. The minimum Gasteiger partial charge on any atom is -0.337 e. The Kier molecular flexibility index (Phi) is 3.96. The standard InChI is InChI=1S/C20H24N6O2/c1-11-8-14(11)20(27)25-7-5-4-6-16(25)19-23-17(24-28-19)15-10-21-26-13(3)9-12(2)22-18(15)26/h9-11,14,16H,4-8H2,1-3H3/t11-,14+,16+/m1/s1. The van der Waals surface area contributed by atoms with E-state index >= 15 is 0 Å². The van der Waals surface area contributed by atoms with Crippen LogP contribution in [0.3, 0.4) is 0 Å². The molecule has 146 valence electrons. The minimum absolute atomic E-state index is 0.131. The number of aromatic nitrogens is 5. The van der Waals surface area contributed by atoms with Crippen molar-refractivity contribution in [1.82, 2.24) is 29.6 Å². The van der Waals surface area contributed by atoms with Gasteiger partial charge in [0.25, 0.3) is 0 Å². The van der Waals surface area contributed by atoms with Gasteiger partial charge in [0.05, 0.1) is 11.8 Å². The van der Waals surface area contributed by atoms with Crippen LogP contribution in [0.1, 0.15) is 55.9 Å². The fraction of sp³-hybridized carbons (Fsp3) is 0.550. The summed E-state index contributed by atoms with van der Waals surface area (Å²) in [6.07, 6.45) is 5.66. The van der Waals surface area contributed by atoms with Crippen LogP contribution in [-0.2, 0) is 4.79 Å². The predicted molar refractivity (Wildman–Crippen MR) is 101 cm³/mol. The molecule has 1 saturated heterocycles. The number of nitrogens with zero attached hydrogens (tertiary/aromatic N) is 6. The molecule has 3 aromatic rings. The van der Waals surface area contributed by atoms with Gasteiger partial charge in [0.15, 0.2) is 5.65 Å². The van der Waals surface area contributed by atoms with Crippen LogP contribution in [0.5, 0.6) is 0 Å². The van der Waals surface area contributed by atoms with Gasteiger partial charge in [-0.3, -0.25) is 4.79 Å². The number of rotatable bonds is 3. The highest BCUT2D eigenvalue weighted by molar-refractivity contribution is 5.82. The number of aryl methyl sites for hydroxylation is 2. The molecule has 0 radical (unpaired) electrons. The maximum Gasteiger partial charge on any atom is 0.249 e. The second kappa shape index (κ2) is 6.39. The molecule has 1 aliphatic carbocycles. The van der Waals surface area contributed by atoms with Crippen molar-refractivity contribution >= 4 is 11.6 Å². The fourth-order valence-electron chi connectivity index (χ4n) is 4.24. The average Bonchev–Trinajstić information content (AvgIpc) is 3.08. The summed E-state index contributed by atoms with van der Waals surface area (Å²) in [4.78, 5) is 24.1. The fourth-order valence-corrected chi connectivity index (χ4v) is 4.24. The molecule has 0 aromatic carbocycles. The summed E-state index contributed by atoms with van der Waals surface area (Å²) in [5, 5.41) is 8.60. The van der Waals surface area contributed by atoms with Crippen LogP contribution in [0.25, 0.3) is 17.0 Å². The van der Waals surface area contributed by atoms with Crippen LogP contribution < -0.4 is 0 Å². The van der Waals surface area contributed by atoms with E-state index in [0.717, 1.165) is 49.2 Å². The third-order valence-corrected chi connectivity index (χ3v) is 5.96. The van der Waals surface area contributed by atoms with E-state index < -0.39 is 0 Å². The predicted octanol–water partition coefficient (Wildman–Crippen LogP) is 3.11. The Labute approximate surface area is 162 Å².